The lowest BCUT2D eigenvalue weighted by molar-refractivity contribution is 0.956. The molecule has 16 heavy (non-hydrogen) atoms. The van der Waals surface area contributed by atoms with E-state index >= 15 is 0 Å². The van der Waals surface area contributed by atoms with Crippen LogP contribution in [0.15, 0.2) is 11.1 Å². The van der Waals surface area contributed by atoms with Crippen LogP contribution in [0.25, 0.3) is 0 Å². The molecule has 0 atom stereocenters. The first-order valence-corrected chi connectivity index (χ1v) is 5.23. The molecule has 6 heteroatoms. The molecule has 1 aliphatic rings. The largest absolute Gasteiger partial charge is 0.354 e. The van der Waals surface area contributed by atoms with Gasteiger partial charge in [0.2, 0.25) is 5.95 Å². The number of rotatable bonds is 2. The molecule has 0 saturated carbocycles. The molecule has 1 aromatic rings. The summed E-state index contributed by atoms with van der Waals surface area (Å²) in [7, 11) is 3.84. The summed E-state index contributed by atoms with van der Waals surface area (Å²) in [5.74, 6) is 2.24. The summed E-state index contributed by atoms with van der Waals surface area (Å²) in [6.07, 6.45) is 0. The molecule has 0 saturated heterocycles. The third kappa shape index (κ3) is 2.39. The second-order valence-corrected chi connectivity index (χ2v) is 3.87. The Bertz CT molecular complexity index is 412. The quantitative estimate of drug-likeness (QED) is 0.746. The van der Waals surface area contributed by atoms with Crippen molar-refractivity contribution in [3.63, 3.8) is 0 Å². The van der Waals surface area contributed by atoms with E-state index in [9.17, 15) is 0 Å². The number of guanidine groups is 1. The van der Waals surface area contributed by atoms with Gasteiger partial charge in [-0.3, -0.25) is 4.99 Å². The number of nitrogens with zero attached hydrogens (tertiary/aromatic N) is 4. The summed E-state index contributed by atoms with van der Waals surface area (Å²) >= 11 is 0. The molecule has 1 aromatic heterocycles. The van der Waals surface area contributed by atoms with Crippen LogP contribution in [0.2, 0.25) is 0 Å². The number of hydrogen-bond acceptors (Lipinski definition) is 6. The molecule has 0 amide bonds. The molecule has 86 valence electrons. The van der Waals surface area contributed by atoms with Gasteiger partial charge in [0.15, 0.2) is 5.96 Å². The molecule has 2 heterocycles. The van der Waals surface area contributed by atoms with E-state index in [0.29, 0.717) is 5.95 Å². The van der Waals surface area contributed by atoms with Crippen molar-refractivity contribution >= 4 is 17.7 Å². The highest BCUT2D eigenvalue weighted by Gasteiger charge is 2.08. The standard InChI is InChI=1S/C10H16N6/c1-7-6-8(14-9-11-4-5-12-9)15-10(13-7)16(2)3/h6H,4-5H2,1-3H3,(H2,11,12,13,14,15). The average molecular weight is 220 g/mol. The van der Waals surface area contributed by atoms with Gasteiger partial charge in [-0.05, 0) is 6.92 Å². The third-order valence-electron chi connectivity index (χ3n) is 2.16. The lowest BCUT2D eigenvalue weighted by atomic mass is 10.4. The van der Waals surface area contributed by atoms with Crippen LogP contribution in [-0.4, -0.2) is 43.1 Å². The minimum absolute atomic E-state index is 0.695. The van der Waals surface area contributed by atoms with Crippen LogP contribution < -0.4 is 15.5 Å². The maximum atomic E-state index is 4.38. The van der Waals surface area contributed by atoms with Crippen molar-refractivity contribution < 1.29 is 0 Å². The number of aliphatic imine (C=N–C) groups is 1. The summed E-state index contributed by atoms with van der Waals surface area (Å²) in [5, 5.41) is 6.28. The fourth-order valence-corrected chi connectivity index (χ4v) is 1.42. The van der Waals surface area contributed by atoms with Crippen LogP contribution in [0.3, 0.4) is 0 Å². The van der Waals surface area contributed by atoms with E-state index in [4.69, 9.17) is 0 Å². The van der Waals surface area contributed by atoms with Gasteiger partial charge < -0.3 is 15.5 Å². The zero-order valence-electron chi connectivity index (χ0n) is 9.78. The molecule has 0 unspecified atom stereocenters. The van der Waals surface area contributed by atoms with Gasteiger partial charge in [-0.2, -0.15) is 4.98 Å². The smallest absolute Gasteiger partial charge is 0.227 e. The van der Waals surface area contributed by atoms with E-state index in [1.54, 1.807) is 0 Å². The normalized spacial score (nSPS) is 14.3. The highest BCUT2D eigenvalue weighted by Crippen LogP contribution is 2.11. The van der Waals surface area contributed by atoms with Crippen molar-refractivity contribution in [1.29, 1.82) is 0 Å². The summed E-state index contributed by atoms with van der Waals surface area (Å²) in [4.78, 5) is 14.8. The van der Waals surface area contributed by atoms with Crippen molar-refractivity contribution in [2.75, 3.05) is 37.4 Å². The van der Waals surface area contributed by atoms with E-state index in [1.807, 2.05) is 32.0 Å². The Balaban J connectivity index is 2.20. The van der Waals surface area contributed by atoms with Gasteiger partial charge in [0.25, 0.3) is 0 Å². The van der Waals surface area contributed by atoms with Crippen LogP contribution in [0, 0.1) is 6.92 Å². The molecule has 0 spiro atoms. The predicted molar refractivity (Wildman–Crippen MR) is 65.0 cm³/mol. The van der Waals surface area contributed by atoms with Crippen LogP contribution in [0.4, 0.5) is 11.8 Å². The van der Waals surface area contributed by atoms with Gasteiger partial charge in [-0.15, -0.1) is 0 Å². The van der Waals surface area contributed by atoms with Crippen molar-refractivity contribution in [2.45, 2.75) is 6.92 Å². The molecule has 6 nitrogen and oxygen atoms in total. The van der Waals surface area contributed by atoms with Crippen LogP contribution in [0.1, 0.15) is 5.69 Å². The SMILES string of the molecule is Cc1cc(NC2=NCCN2)nc(N(C)C)n1. The zero-order chi connectivity index (χ0) is 11.5. The van der Waals surface area contributed by atoms with E-state index in [2.05, 4.69) is 25.6 Å². The Morgan fingerprint density at radius 3 is 2.81 bits per heavy atom. The Labute approximate surface area is 94.8 Å². The van der Waals surface area contributed by atoms with Gasteiger partial charge in [-0.25, -0.2) is 4.98 Å². The van der Waals surface area contributed by atoms with Gasteiger partial charge in [0.05, 0.1) is 6.54 Å². The zero-order valence-corrected chi connectivity index (χ0v) is 9.78. The topological polar surface area (TPSA) is 65.4 Å². The van der Waals surface area contributed by atoms with Crippen LogP contribution in [0.5, 0.6) is 0 Å². The fraction of sp³-hybridized carbons (Fsp3) is 0.500. The predicted octanol–water partition coefficient (Wildman–Crippen LogP) is 0.222. The first-order valence-electron chi connectivity index (χ1n) is 5.23. The number of aromatic nitrogens is 2. The summed E-state index contributed by atoms with van der Waals surface area (Å²) < 4.78 is 0. The molecule has 1 aliphatic heterocycles. The molecule has 0 bridgehead atoms. The van der Waals surface area contributed by atoms with E-state index in [0.717, 1.165) is 30.6 Å². The fourth-order valence-electron chi connectivity index (χ4n) is 1.42. The first kappa shape index (κ1) is 10.7. The van der Waals surface area contributed by atoms with Gasteiger partial charge in [-0.1, -0.05) is 0 Å². The number of nitrogens with one attached hydrogen (secondary N) is 2. The number of aryl methyl sites for hydroxylation is 1. The Morgan fingerprint density at radius 2 is 2.19 bits per heavy atom. The molecule has 0 aromatic carbocycles. The van der Waals surface area contributed by atoms with Gasteiger partial charge in [0.1, 0.15) is 5.82 Å². The highest BCUT2D eigenvalue weighted by atomic mass is 15.3. The van der Waals surface area contributed by atoms with Crippen molar-refractivity contribution in [2.24, 2.45) is 4.99 Å². The summed E-state index contributed by atoms with van der Waals surface area (Å²) in [5.41, 5.74) is 0.930. The Kier molecular flexibility index (Phi) is 2.89. The minimum Gasteiger partial charge on any atom is -0.354 e. The summed E-state index contributed by atoms with van der Waals surface area (Å²) in [6, 6.07) is 1.90. The third-order valence-corrected chi connectivity index (χ3v) is 2.16. The highest BCUT2D eigenvalue weighted by molar-refractivity contribution is 5.93. The van der Waals surface area contributed by atoms with Crippen molar-refractivity contribution in [1.82, 2.24) is 15.3 Å². The van der Waals surface area contributed by atoms with E-state index < -0.39 is 0 Å². The molecule has 2 rings (SSSR count). The van der Waals surface area contributed by atoms with Gasteiger partial charge >= 0.3 is 0 Å². The van der Waals surface area contributed by atoms with Crippen LogP contribution >= 0.6 is 0 Å². The second-order valence-electron chi connectivity index (χ2n) is 3.87. The van der Waals surface area contributed by atoms with E-state index in [1.165, 1.54) is 0 Å². The van der Waals surface area contributed by atoms with E-state index in [-0.39, 0.29) is 0 Å². The maximum absolute atomic E-state index is 4.38. The molecular weight excluding hydrogens is 204 g/mol. The second kappa shape index (κ2) is 4.34. The molecule has 2 N–H and O–H groups in total. The maximum Gasteiger partial charge on any atom is 0.227 e. The molecule has 0 aliphatic carbocycles. The lowest BCUT2D eigenvalue weighted by Gasteiger charge is -2.13. The van der Waals surface area contributed by atoms with Crippen molar-refractivity contribution in [3.05, 3.63) is 11.8 Å². The number of anilines is 2. The minimum atomic E-state index is 0.695. The monoisotopic (exact) mass is 220 g/mol. The lowest BCUT2D eigenvalue weighted by Crippen LogP contribution is -2.27. The molecule has 0 radical (unpaired) electrons. The number of hydrogen-bond donors (Lipinski definition) is 2. The average Bonchev–Trinajstić information content (AvgIpc) is 2.69. The van der Waals surface area contributed by atoms with Crippen molar-refractivity contribution in [3.8, 4) is 0 Å². The Hall–Kier alpha value is -1.85. The Morgan fingerprint density at radius 1 is 1.38 bits per heavy atom. The molecule has 0 fully saturated rings. The molecular formula is C10H16N6. The first-order chi connectivity index (χ1) is 7.65. The summed E-state index contributed by atoms with van der Waals surface area (Å²) in [6.45, 7) is 3.64. The van der Waals surface area contributed by atoms with Gasteiger partial charge in [0, 0.05) is 32.4 Å². The van der Waals surface area contributed by atoms with Crippen LogP contribution in [-0.2, 0) is 0 Å².